The molecule has 0 heterocycles. The van der Waals surface area contributed by atoms with Crippen LogP contribution in [0.5, 0.6) is 11.5 Å². The maximum Gasteiger partial charge on any atom is 0.173 e. The van der Waals surface area contributed by atoms with Crippen molar-refractivity contribution in [1.29, 1.82) is 5.41 Å². The summed E-state index contributed by atoms with van der Waals surface area (Å²) in [4.78, 5) is 0. The molecule has 0 amide bonds. The summed E-state index contributed by atoms with van der Waals surface area (Å²) in [6.45, 7) is 8.22. The number of hydrogen-bond donors (Lipinski definition) is 1. The minimum atomic E-state index is 0.724. The summed E-state index contributed by atoms with van der Waals surface area (Å²) in [5, 5.41) is 7.24. The summed E-state index contributed by atoms with van der Waals surface area (Å²) in [5.74, 6) is 2.41. The molecule has 0 aliphatic heterocycles. The highest BCUT2D eigenvalue weighted by Crippen LogP contribution is 2.38. The lowest BCUT2D eigenvalue weighted by Crippen LogP contribution is -2.04. The number of nitrogens with one attached hydrogen (secondary N) is 1. The zero-order valence-electron chi connectivity index (χ0n) is 14.9. The van der Waals surface area contributed by atoms with Crippen molar-refractivity contribution in [3.05, 3.63) is 33.9 Å². The molecule has 0 atom stereocenters. The van der Waals surface area contributed by atoms with E-state index in [0.29, 0.717) is 0 Å². The maximum absolute atomic E-state index is 7.24. The smallest absolute Gasteiger partial charge is 0.173 e. The van der Waals surface area contributed by atoms with E-state index in [0.717, 1.165) is 71.7 Å². The SMILES string of the molecule is COc1c(C)c(C)c(OC=N)c(C)c1C/C=C(\C)CCCCCl. The fraction of sp³-hybridized carbons (Fsp3) is 0.526. The van der Waals surface area contributed by atoms with E-state index in [1.807, 2.05) is 20.8 Å². The molecule has 0 aliphatic rings. The summed E-state index contributed by atoms with van der Waals surface area (Å²) in [5.41, 5.74) is 5.62. The minimum Gasteiger partial charge on any atom is -0.496 e. The molecule has 1 aromatic rings. The van der Waals surface area contributed by atoms with Gasteiger partial charge in [0, 0.05) is 11.4 Å². The molecule has 3 nitrogen and oxygen atoms in total. The third-order valence-electron chi connectivity index (χ3n) is 4.30. The zero-order chi connectivity index (χ0) is 17.4. The number of allylic oxidation sites excluding steroid dienone is 2. The maximum atomic E-state index is 7.24. The van der Waals surface area contributed by atoms with Crippen molar-refractivity contribution in [2.75, 3.05) is 13.0 Å². The first kappa shape index (κ1) is 19.6. The molecule has 0 unspecified atom stereocenters. The van der Waals surface area contributed by atoms with E-state index < -0.39 is 0 Å². The second-order valence-corrected chi connectivity index (χ2v) is 6.23. The van der Waals surface area contributed by atoms with Gasteiger partial charge < -0.3 is 9.47 Å². The van der Waals surface area contributed by atoms with E-state index in [1.165, 1.54) is 5.57 Å². The van der Waals surface area contributed by atoms with Gasteiger partial charge in [-0.3, -0.25) is 5.41 Å². The molecule has 128 valence electrons. The van der Waals surface area contributed by atoms with Gasteiger partial charge in [0.1, 0.15) is 11.5 Å². The number of halogens is 1. The second kappa shape index (κ2) is 9.61. The number of ether oxygens (including phenoxy) is 2. The van der Waals surface area contributed by atoms with Crippen molar-refractivity contribution >= 4 is 18.0 Å². The second-order valence-electron chi connectivity index (χ2n) is 5.85. The highest BCUT2D eigenvalue weighted by atomic mass is 35.5. The molecule has 0 spiro atoms. The summed E-state index contributed by atoms with van der Waals surface area (Å²) < 4.78 is 11.1. The van der Waals surface area contributed by atoms with Crippen LogP contribution in [0.25, 0.3) is 0 Å². The van der Waals surface area contributed by atoms with Crippen LogP contribution in [-0.2, 0) is 6.42 Å². The first-order chi connectivity index (χ1) is 11.0. The molecule has 0 saturated carbocycles. The molecule has 0 fully saturated rings. The van der Waals surface area contributed by atoms with Crippen LogP contribution in [0, 0.1) is 26.2 Å². The van der Waals surface area contributed by atoms with Crippen molar-refractivity contribution in [3.8, 4) is 11.5 Å². The third kappa shape index (κ3) is 5.00. The van der Waals surface area contributed by atoms with Crippen LogP contribution >= 0.6 is 11.6 Å². The van der Waals surface area contributed by atoms with Crippen molar-refractivity contribution in [2.45, 2.75) is 53.4 Å². The van der Waals surface area contributed by atoms with Crippen LogP contribution in [0.4, 0.5) is 0 Å². The van der Waals surface area contributed by atoms with E-state index in [-0.39, 0.29) is 0 Å². The molecule has 23 heavy (non-hydrogen) atoms. The zero-order valence-corrected chi connectivity index (χ0v) is 15.6. The Labute approximate surface area is 145 Å². The number of unbranched alkanes of at least 4 members (excludes halogenated alkanes) is 1. The van der Waals surface area contributed by atoms with E-state index in [9.17, 15) is 0 Å². The van der Waals surface area contributed by atoms with Gasteiger partial charge in [-0.25, -0.2) is 0 Å². The lowest BCUT2D eigenvalue weighted by atomic mass is 9.94. The lowest BCUT2D eigenvalue weighted by Gasteiger charge is -2.19. The molecule has 1 rings (SSSR count). The van der Waals surface area contributed by atoms with Gasteiger partial charge in [-0.15, -0.1) is 11.6 Å². The monoisotopic (exact) mass is 337 g/mol. The van der Waals surface area contributed by atoms with Crippen molar-refractivity contribution in [3.63, 3.8) is 0 Å². The van der Waals surface area contributed by atoms with Crippen LogP contribution < -0.4 is 9.47 Å². The Kier molecular flexibility index (Phi) is 8.18. The molecule has 0 radical (unpaired) electrons. The Morgan fingerprint density at radius 1 is 1.09 bits per heavy atom. The average Bonchev–Trinajstić information content (AvgIpc) is 2.54. The molecule has 0 aromatic heterocycles. The molecule has 4 heteroatoms. The predicted molar refractivity (Wildman–Crippen MR) is 98.6 cm³/mol. The largest absolute Gasteiger partial charge is 0.496 e. The highest BCUT2D eigenvalue weighted by Gasteiger charge is 2.18. The number of rotatable bonds is 9. The van der Waals surface area contributed by atoms with Gasteiger partial charge in [0.15, 0.2) is 6.40 Å². The molecule has 0 aliphatic carbocycles. The van der Waals surface area contributed by atoms with Crippen molar-refractivity contribution in [2.24, 2.45) is 0 Å². The standard InChI is InChI=1S/C19H28ClNO2/c1-13(8-6-7-11-20)9-10-17-16(4)18(23-12-21)14(2)15(3)19(17)22-5/h9,12,21H,6-8,10-11H2,1-5H3/b13-9+,21-12?. The molecule has 0 saturated heterocycles. The molecule has 1 aromatic carbocycles. The Morgan fingerprint density at radius 2 is 1.74 bits per heavy atom. The summed E-state index contributed by atoms with van der Waals surface area (Å²) >= 11 is 5.73. The van der Waals surface area contributed by atoms with Gasteiger partial charge in [-0.1, -0.05) is 11.6 Å². The Balaban J connectivity index is 3.13. The quantitative estimate of drug-likeness (QED) is 0.212. The van der Waals surface area contributed by atoms with Gasteiger partial charge in [-0.05, 0) is 70.1 Å². The van der Waals surface area contributed by atoms with Crippen molar-refractivity contribution in [1.82, 2.24) is 0 Å². The van der Waals surface area contributed by atoms with E-state index in [4.69, 9.17) is 26.5 Å². The summed E-state index contributed by atoms with van der Waals surface area (Å²) in [6, 6.07) is 0. The number of alkyl halides is 1. The number of methoxy groups -OCH3 is 1. The predicted octanol–water partition coefficient (Wildman–Crippen LogP) is 5.50. The Morgan fingerprint density at radius 3 is 2.30 bits per heavy atom. The Bertz CT molecular complexity index is 579. The molecular formula is C19H28ClNO2. The van der Waals surface area contributed by atoms with Crippen LogP contribution in [0.15, 0.2) is 11.6 Å². The molecule has 0 bridgehead atoms. The first-order valence-electron chi connectivity index (χ1n) is 8.01. The van der Waals surface area contributed by atoms with Crippen LogP contribution in [0.3, 0.4) is 0 Å². The van der Waals surface area contributed by atoms with Crippen LogP contribution in [-0.4, -0.2) is 19.4 Å². The lowest BCUT2D eigenvalue weighted by molar-refractivity contribution is 0.405. The van der Waals surface area contributed by atoms with Gasteiger partial charge in [0.05, 0.1) is 7.11 Å². The average molecular weight is 338 g/mol. The normalized spacial score (nSPS) is 11.5. The Hall–Kier alpha value is -1.48. The van der Waals surface area contributed by atoms with E-state index >= 15 is 0 Å². The van der Waals surface area contributed by atoms with Crippen LogP contribution in [0.2, 0.25) is 0 Å². The minimum absolute atomic E-state index is 0.724. The fourth-order valence-electron chi connectivity index (χ4n) is 2.79. The van der Waals surface area contributed by atoms with E-state index in [2.05, 4.69) is 13.0 Å². The topological polar surface area (TPSA) is 42.3 Å². The van der Waals surface area contributed by atoms with Gasteiger partial charge in [0.25, 0.3) is 0 Å². The summed E-state index contributed by atoms with van der Waals surface area (Å²) in [6.07, 6.45) is 7.29. The highest BCUT2D eigenvalue weighted by molar-refractivity contribution is 6.17. The number of benzene rings is 1. The number of hydrogen-bond acceptors (Lipinski definition) is 3. The molecular weight excluding hydrogens is 310 g/mol. The first-order valence-corrected chi connectivity index (χ1v) is 8.55. The fourth-order valence-corrected chi connectivity index (χ4v) is 2.98. The third-order valence-corrected chi connectivity index (χ3v) is 4.57. The van der Waals surface area contributed by atoms with E-state index in [1.54, 1.807) is 7.11 Å². The van der Waals surface area contributed by atoms with Crippen molar-refractivity contribution < 1.29 is 9.47 Å². The van der Waals surface area contributed by atoms with Gasteiger partial charge >= 0.3 is 0 Å². The van der Waals surface area contributed by atoms with Crippen LogP contribution in [0.1, 0.15) is 48.4 Å². The van der Waals surface area contributed by atoms with Gasteiger partial charge in [-0.2, -0.15) is 0 Å². The van der Waals surface area contributed by atoms with Gasteiger partial charge in [0.2, 0.25) is 0 Å². The molecule has 1 N–H and O–H groups in total. The summed E-state index contributed by atoms with van der Waals surface area (Å²) in [7, 11) is 1.71.